The van der Waals surface area contributed by atoms with Crippen LogP contribution < -0.4 is 15.5 Å². The van der Waals surface area contributed by atoms with Crippen molar-refractivity contribution >= 4 is 34.9 Å². The van der Waals surface area contributed by atoms with Crippen LogP contribution >= 0.6 is 11.6 Å². The van der Waals surface area contributed by atoms with Crippen LogP contribution in [-0.4, -0.2) is 24.5 Å². The standard InChI is InChI=1S/C18H18ClN3O2/c1-12-7-8-13(19)9-16(12)21-18(24)20-14-10-17(23)22(11-14)15-5-3-2-4-6-15/h2-9,14H,10-11H2,1H3,(H2,20,21,24)/t14-/m1/s1. The number of hydrogen-bond acceptors (Lipinski definition) is 2. The van der Waals surface area contributed by atoms with Crippen LogP contribution in [0.15, 0.2) is 48.5 Å². The van der Waals surface area contributed by atoms with Gasteiger partial charge in [0.05, 0.1) is 6.04 Å². The molecule has 0 aromatic heterocycles. The lowest BCUT2D eigenvalue weighted by Gasteiger charge is -2.17. The van der Waals surface area contributed by atoms with E-state index in [4.69, 9.17) is 11.6 Å². The lowest BCUT2D eigenvalue weighted by atomic mass is 10.2. The molecule has 0 bridgehead atoms. The summed E-state index contributed by atoms with van der Waals surface area (Å²) < 4.78 is 0. The van der Waals surface area contributed by atoms with Gasteiger partial charge in [-0.25, -0.2) is 4.79 Å². The van der Waals surface area contributed by atoms with Crippen LogP contribution in [0.25, 0.3) is 0 Å². The number of urea groups is 1. The fraction of sp³-hybridized carbons (Fsp3) is 0.222. The summed E-state index contributed by atoms with van der Waals surface area (Å²) in [6.45, 7) is 2.35. The first-order valence-electron chi connectivity index (χ1n) is 7.72. The number of amides is 3. The highest BCUT2D eigenvalue weighted by atomic mass is 35.5. The molecule has 1 heterocycles. The quantitative estimate of drug-likeness (QED) is 0.894. The highest BCUT2D eigenvalue weighted by Crippen LogP contribution is 2.22. The summed E-state index contributed by atoms with van der Waals surface area (Å²) in [5.41, 5.74) is 2.42. The fourth-order valence-electron chi connectivity index (χ4n) is 2.73. The van der Waals surface area contributed by atoms with Gasteiger partial charge in [0.1, 0.15) is 0 Å². The Kier molecular flexibility index (Phi) is 4.71. The van der Waals surface area contributed by atoms with E-state index in [0.29, 0.717) is 17.3 Å². The first kappa shape index (κ1) is 16.3. The average molecular weight is 344 g/mol. The lowest BCUT2D eigenvalue weighted by Crippen LogP contribution is -2.39. The van der Waals surface area contributed by atoms with Crippen molar-refractivity contribution < 1.29 is 9.59 Å². The number of halogens is 1. The first-order chi connectivity index (χ1) is 11.5. The summed E-state index contributed by atoms with van der Waals surface area (Å²) in [5.74, 6) is 0.00503. The maximum atomic E-state index is 12.2. The van der Waals surface area contributed by atoms with E-state index in [-0.39, 0.29) is 24.4 Å². The van der Waals surface area contributed by atoms with Gasteiger partial charge in [0.2, 0.25) is 5.91 Å². The minimum atomic E-state index is -0.340. The number of carbonyl (C=O) groups is 2. The average Bonchev–Trinajstić information content (AvgIpc) is 2.92. The Morgan fingerprint density at radius 2 is 1.96 bits per heavy atom. The zero-order valence-electron chi connectivity index (χ0n) is 13.3. The number of carbonyl (C=O) groups excluding carboxylic acids is 2. The molecular weight excluding hydrogens is 326 g/mol. The molecular formula is C18H18ClN3O2. The topological polar surface area (TPSA) is 61.4 Å². The van der Waals surface area contributed by atoms with E-state index in [1.807, 2.05) is 43.3 Å². The maximum Gasteiger partial charge on any atom is 0.319 e. The molecule has 3 rings (SSSR count). The number of nitrogens with one attached hydrogen (secondary N) is 2. The second kappa shape index (κ2) is 6.93. The van der Waals surface area contributed by atoms with Crippen LogP contribution in [0, 0.1) is 6.92 Å². The number of benzene rings is 2. The molecule has 5 nitrogen and oxygen atoms in total. The third-order valence-corrected chi connectivity index (χ3v) is 4.21. The number of hydrogen-bond donors (Lipinski definition) is 2. The van der Waals surface area contributed by atoms with Crippen LogP contribution in [0.5, 0.6) is 0 Å². The monoisotopic (exact) mass is 343 g/mol. The molecule has 2 aromatic rings. The van der Waals surface area contributed by atoms with Gasteiger partial charge in [-0.05, 0) is 36.8 Å². The Morgan fingerprint density at radius 1 is 1.21 bits per heavy atom. The highest BCUT2D eigenvalue weighted by Gasteiger charge is 2.31. The van der Waals surface area contributed by atoms with Crippen molar-refractivity contribution in [3.8, 4) is 0 Å². The normalized spacial score (nSPS) is 17.0. The summed E-state index contributed by atoms with van der Waals surface area (Å²) in [5, 5.41) is 6.19. The number of nitrogens with zero attached hydrogens (tertiary/aromatic N) is 1. The van der Waals surface area contributed by atoms with Crippen molar-refractivity contribution in [3.05, 3.63) is 59.1 Å². The molecule has 2 aromatic carbocycles. The number of aryl methyl sites for hydroxylation is 1. The van der Waals surface area contributed by atoms with Crippen LogP contribution in [0.3, 0.4) is 0 Å². The third kappa shape index (κ3) is 3.68. The summed E-state index contributed by atoms with van der Waals surface area (Å²) in [7, 11) is 0. The predicted octanol–water partition coefficient (Wildman–Crippen LogP) is 3.58. The van der Waals surface area contributed by atoms with E-state index >= 15 is 0 Å². The minimum absolute atomic E-state index is 0.00503. The van der Waals surface area contributed by atoms with Crippen LogP contribution in [0.2, 0.25) is 5.02 Å². The number of para-hydroxylation sites is 1. The minimum Gasteiger partial charge on any atom is -0.333 e. The molecule has 0 radical (unpaired) electrons. The molecule has 0 spiro atoms. The molecule has 0 aliphatic carbocycles. The van der Waals surface area contributed by atoms with Crippen molar-refractivity contribution in [2.24, 2.45) is 0 Å². The van der Waals surface area contributed by atoms with E-state index in [1.165, 1.54) is 0 Å². The highest BCUT2D eigenvalue weighted by molar-refractivity contribution is 6.31. The molecule has 0 unspecified atom stereocenters. The second-order valence-electron chi connectivity index (χ2n) is 5.80. The molecule has 0 saturated carbocycles. The van der Waals surface area contributed by atoms with Gasteiger partial charge >= 0.3 is 6.03 Å². The van der Waals surface area contributed by atoms with E-state index < -0.39 is 0 Å². The zero-order chi connectivity index (χ0) is 17.1. The number of rotatable bonds is 3. The Bertz CT molecular complexity index is 764. The second-order valence-corrected chi connectivity index (χ2v) is 6.24. The predicted molar refractivity (Wildman–Crippen MR) is 95.5 cm³/mol. The van der Waals surface area contributed by atoms with Crippen LogP contribution in [0.4, 0.5) is 16.2 Å². The van der Waals surface area contributed by atoms with Crippen molar-refractivity contribution in [1.29, 1.82) is 0 Å². The Hall–Kier alpha value is -2.53. The molecule has 1 aliphatic rings. The van der Waals surface area contributed by atoms with E-state index in [9.17, 15) is 9.59 Å². The Balaban J connectivity index is 1.61. The Morgan fingerprint density at radius 3 is 2.71 bits per heavy atom. The molecule has 24 heavy (non-hydrogen) atoms. The maximum absolute atomic E-state index is 12.2. The zero-order valence-corrected chi connectivity index (χ0v) is 14.0. The molecule has 1 saturated heterocycles. The van der Waals surface area contributed by atoms with Gasteiger partial charge in [0.25, 0.3) is 0 Å². The molecule has 1 aliphatic heterocycles. The van der Waals surface area contributed by atoms with Crippen LogP contribution in [-0.2, 0) is 4.79 Å². The molecule has 2 N–H and O–H groups in total. The molecule has 3 amide bonds. The van der Waals surface area contributed by atoms with E-state index in [2.05, 4.69) is 10.6 Å². The third-order valence-electron chi connectivity index (χ3n) is 3.98. The smallest absolute Gasteiger partial charge is 0.319 e. The van der Waals surface area contributed by atoms with Crippen molar-refractivity contribution in [2.45, 2.75) is 19.4 Å². The summed E-state index contributed by atoms with van der Waals surface area (Å²) >= 11 is 5.95. The first-order valence-corrected chi connectivity index (χ1v) is 8.10. The summed E-state index contributed by atoms with van der Waals surface area (Å²) in [6, 6.07) is 14.2. The van der Waals surface area contributed by atoms with Gasteiger partial charge in [0, 0.05) is 29.4 Å². The van der Waals surface area contributed by atoms with E-state index in [1.54, 1.807) is 17.0 Å². The van der Waals surface area contributed by atoms with Gasteiger partial charge in [0.15, 0.2) is 0 Å². The fourth-order valence-corrected chi connectivity index (χ4v) is 2.91. The summed E-state index contributed by atoms with van der Waals surface area (Å²) in [6.07, 6.45) is 0.289. The SMILES string of the molecule is Cc1ccc(Cl)cc1NC(=O)N[C@@H]1CC(=O)N(c2ccccc2)C1. The number of anilines is 2. The lowest BCUT2D eigenvalue weighted by molar-refractivity contribution is -0.117. The molecule has 1 atom stereocenters. The molecule has 1 fully saturated rings. The summed E-state index contributed by atoms with van der Waals surface area (Å²) in [4.78, 5) is 26.0. The van der Waals surface area contributed by atoms with Crippen molar-refractivity contribution in [3.63, 3.8) is 0 Å². The van der Waals surface area contributed by atoms with Gasteiger partial charge < -0.3 is 15.5 Å². The van der Waals surface area contributed by atoms with Crippen molar-refractivity contribution in [1.82, 2.24) is 5.32 Å². The Labute approximate surface area is 145 Å². The molecule has 124 valence electrons. The van der Waals surface area contributed by atoms with Gasteiger partial charge in [-0.15, -0.1) is 0 Å². The largest absolute Gasteiger partial charge is 0.333 e. The van der Waals surface area contributed by atoms with Gasteiger partial charge in [-0.2, -0.15) is 0 Å². The van der Waals surface area contributed by atoms with E-state index in [0.717, 1.165) is 11.3 Å². The van der Waals surface area contributed by atoms with Crippen molar-refractivity contribution in [2.75, 3.05) is 16.8 Å². The van der Waals surface area contributed by atoms with Gasteiger partial charge in [-0.1, -0.05) is 35.9 Å². The molecule has 6 heteroatoms. The van der Waals surface area contributed by atoms with Crippen LogP contribution in [0.1, 0.15) is 12.0 Å². The van der Waals surface area contributed by atoms with Gasteiger partial charge in [-0.3, -0.25) is 4.79 Å².